The van der Waals surface area contributed by atoms with Crippen molar-refractivity contribution < 1.29 is 0 Å². The molecule has 5 nitrogen and oxygen atoms in total. The summed E-state index contributed by atoms with van der Waals surface area (Å²) in [5.41, 5.74) is 2.72. The highest BCUT2D eigenvalue weighted by Gasteiger charge is 2.20. The number of guanidine groups is 1. The second kappa shape index (κ2) is 12.6. The Balaban J connectivity index is 0.00000272. The first kappa shape index (κ1) is 24.3. The summed E-state index contributed by atoms with van der Waals surface area (Å²) in [6, 6.07) is 13.9. The number of thiophene rings is 1. The quantitative estimate of drug-likeness (QED) is 0.310. The fourth-order valence-corrected chi connectivity index (χ4v) is 5.19. The van der Waals surface area contributed by atoms with Gasteiger partial charge < -0.3 is 15.5 Å². The van der Waals surface area contributed by atoms with Gasteiger partial charge in [0.2, 0.25) is 0 Å². The first-order valence-corrected chi connectivity index (χ1v) is 12.2. The monoisotopic (exact) mass is 553 g/mol. The van der Waals surface area contributed by atoms with Gasteiger partial charge in [0.05, 0.1) is 5.00 Å². The molecule has 0 radical (unpaired) electrons. The maximum atomic E-state index is 4.44. The van der Waals surface area contributed by atoms with Crippen LogP contribution in [0.5, 0.6) is 0 Å². The van der Waals surface area contributed by atoms with Crippen LogP contribution in [0.15, 0.2) is 46.8 Å². The lowest BCUT2D eigenvalue weighted by molar-refractivity contribution is 0.221. The minimum absolute atomic E-state index is 0. The molecule has 0 amide bonds. The van der Waals surface area contributed by atoms with E-state index in [4.69, 9.17) is 0 Å². The molecule has 2 aliphatic heterocycles. The van der Waals surface area contributed by atoms with E-state index in [1.807, 2.05) is 18.4 Å². The van der Waals surface area contributed by atoms with Gasteiger partial charge in [-0.2, -0.15) is 0 Å². The van der Waals surface area contributed by atoms with Gasteiger partial charge in [-0.1, -0.05) is 30.7 Å². The molecule has 0 atom stereocenters. The first-order chi connectivity index (χ1) is 14.8. The number of anilines is 1. The number of likely N-dealkylation sites (tertiary alicyclic amines) is 1. The summed E-state index contributed by atoms with van der Waals surface area (Å²) in [7, 11) is 1.86. The van der Waals surface area contributed by atoms with E-state index in [-0.39, 0.29) is 24.0 Å². The zero-order chi connectivity index (χ0) is 20.6. The number of halogens is 1. The zero-order valence-electron chi connectivity index (χ0n) is 18.6. The van der Waals surface area contributed by atoms with Gasteiger partial charge in [-0.15, -0.1) is 35.3 Å². The van der Waals surface area contributed by atoms with Gasteiger partial charge in [0.25, 0.3) is 0 Å². The molecule has 2 fully saturated rings. The van der Waals surface area contributed by atoms with E-state index in [1.165, 1.54) is 48.5 Å². The highest BCUT2D eigenvalue weighted by molar-refractivity contribution is 14.0. The minimum Gasteiger partial charge on any atom is -0.363 e. The Morgan fingerprint density at radius 1 is 1.00 bits per heavy atom. The van der Waals surface area contributed by atoms with Crippen molar-refractivity contribution in [3.63, 3.8) is 0 Å². The predicted molar refractivity (Wildman–Crippen MR) is 144 cm³/mol. The van der Waals surface area contributed by atoms with Crippen LogP contribution in [-0.4, -0.2) is 50.1 Å². The number of nitrogens with one attached hydrogen (secondary N) is 2. The Hall–Kier alpha value is -1.32. The van der Waals surface area contributed by atoms with Crippen LogP contribution in [0.25, 0.3) is 0 Å². The molecule has 4 rings (SSSR count). The second-order valence-corrected chi connectivity index (χ2v) is 9.36. The number of piperidine rings is 2. The molecule has 2 aliphatic rings. The third-order valence-electron chi connectivity index (χ3n) is 6.22. The highest BCUT2D eigenvalue weighted by atomic mass is 127. The van der Waals surface area contributed by atoms with Crippen molar-refractivity contribution in [3.05, 3.63) is 52.9 Å². The summed E-state index contributed by atoms with van der Waals surface area (Å²) >= 11 is 1.83. The third kappa shape index (κ3) is 7.36. The molecule has 0 bridgehead atoms. The van der Waals surface area contributed by atoms with Crippen molar-refractivity contribution in [2.75, 3.05) is 38.1 Å². The van der Waals surface area contributed by atoms with E-state index < -0.39 is 0 Å². The van der Waals surface area contributed by atoms with E-state index in [9.17, 15) is 0 Å². The van der Waals surface area contributed by atoms with Crippen LogP contribution in [0.4, 0.5) is 5.00 Å². The number of aliphatic imine (C=N–C) groups is 1. The molecule has 0 saturated carbocycles. The van der Waals surface area contributed by atoms with Crippen LogP contribution in [0.1, 0.15) is 43.2 Å². The van der Waals surface area contributed by atoms with E-state index in [0.29, 0.717) is 6.04 Å². The SMILES string of the molecule is CN=C(NCc1ccc(CN2CCCCC2)cc1)NC1CCN(c2cccs2)CC1.I. The molecule has 0 unspecified atom stereocenters. The van der Waals surface area contributed by atoms with Gasteiger partial charge in [-0.05, 0) is 67.4 Å². The number of benzene rings is 1. The van der Waals surface area contributed by atoms with Gasteiger partial charge >= 0.3 is 0 Å². The van der Waals surface area contributed by atoms with Gasteiger partial charge in [0.1, 0.15) is 0 Å². The van der Waals surface area contributed by atoms with Gasteiger partial charge in [0, 0.05) is 39.3 Å². The second-order valence-electron chi connectivity index (χ2n) is 8.44. The summed E-state index contributed by atoms with van der Waals surface area (Å²) in [6.45, 7) is 6.59. The normalized spacial score (nSPS) is 18.5. The molecule has 0 spiro atoms. The first-order valence-electron chi connectivity index (χ1n) is 11.4. The van der Waals surface area contributed by atoms with Crippen molar-refractivity contribution in [1.29, 1.82) is 0 Å². The summed E-state index contributed by atoms with van der Waals surface area (Å²) in [6.07, 6.45) is 6.38. The third-order valence-corrected chi connectivity index (χ3v) is 7.14. The average Bonchev–Trinajstić information content (AvgIpc) is 3.34. The number of hydrogen-bond acceptors (Lipinski definition) is 4. The van der Waals surface area contributed by atoms with Gasteiger partial charge in [0.15, 0.2) is 5.96 Å². The molecule has 31 heavy (non-hydrogen) atoms. The van der Waals surface area contributed by atoms with E-state index in [0.717, 1.165) is 45.0 Å². The van der Waals surface area contributed by atoms with Crippen molar-refractivity contribution >= 4 is 46.3 Å². The van der Waals surface area contributed by atoms with E-state index in [1.54, 1.807) is 0 Å². The molecule has 0 aliphatic carbocycles. The Kier molecular flexibility index (Phi) is 9.93. The van der Waals surface area contributed by atoms with Gasteiger partial charge in [-0.3, -0.25) is 9.89 Å². The number of rotatable bonds is 6. The molecule has 2 saturated heterocycles. The maximum Gasteiger partial charge on any atom is 0.191 e. The average molecular weight is 554 g/mol. The van der Waals surface area contributed by atoms with E-state index >= 15 is 0 Å². The van der Waals surface area contributed by atoms with Crippen molar-refractivity contribution in [2.24, 2.45) is 4.99 Å². The molecule has 7 heteroatoms. The summed E-state index contributed by atoms with van der Waals surface area (Å²) in [5.74, 6) is 0.905. The van der Waals surface area contributed by atoms with Crippen LogP contribution < -0.4 is 15.5 Å². The summed E-state index contributed by atoms with van der Waals surface area (Å²) in [4.78, 5) is 9.50. The summed E-state index contributed by atoms with van der Waals surface area (Å²) < 4.78 is 0. The predicted octanol–water partition coefficient (Wildman–Crippen LogP) is 4.69. The van der Waals surface area contributed by atoms with Crippen molar-refractivity contribution in [2.45, 2.75) is 51.2 Å². The molecular formula is C24H36IN5S. The topological polar surface area (TPSA) is 42.9 Å². The Labute approximate surface area is 208 Å². The highest BCUT2D eigenvalue weighted by Crippen LogP contribution is 2.24. The molecule has 2 N–H and O–H groups in total. The van der Waals surface area contributed by atoms with Gasteiger partial charge in [-0.25, -0.2) is 0 Å². The molecule has 1 aromatic carbocycles. The fraction of sp³-hybridized carbons (Fsp3) is 0.542. The number of hydrogen-bond donors (Lipinski definition) is 2. The lowest BCUT2D eigenvalue weighted by Gasteiger charge is -2.33. The van der Waals surface area contributed by atoms with E-state index in [2.05, 4.69) is 67.2 Å². The standard InChI is InChI=1S/C24H35N5S.HI/c1-25-24(27-22-11-15-29(16-12-22)23-6-5-17-30-23)26-18-20-7-9-21(10-8-20)19-28-13-3-2-4-14-28;/h5-10,17,22H,2-4,11-16,18-19H2,1H3,(H2,25,26,27);1H. The molecule has 1 aromatic heterocycles. The van der Waals surface area contributed by atoms with Crippen LogP contribution in [0.2, 0.25) is 0 Å². The number of nitrogens with zero attached hydrogens (tertiary/aromatic N) is 3. The van der Waals surface area contributed by atoms with Crippen LogP contribution in [0.3, 0.4) is 0 Å². The Bertz CT molecular complexity index is 779. The fourth-order valence-electron chi connectivity index (χ4n) is 4.41. The molecule has 3 heterocycles. The van der Waals surface area contributed by atoms with Crippen molar-refractivity contribution in [3.8, 4) is 0 Å². The minimum atomic E-state index is 0. The Morgan fingerprint density at radius 3 is 2.35 bits per heavy atom. The molecule has 2 aromatic rings. The van der Waals surface area contributed by atoms with Crippen LogP contribution in [0, 0.1) is 0 Å². The van der Waals surface area contributed by atoms with Crippen LogP contribution >= 0.6 is 35.3 Å². The lowest BCUT2D eigenvalue weighted by atomic mass is 10.1. The lowest BCUT2D eigenvalue weighted by Crippen LogP contribution is -2.48. The summed E-state index contributed by atoms with van der Waals surface area (Å²) in [5, 5.41) is 10.7. The zero-order valence-corrected chi connectivity index (χ0v) is 21.7. The molecular weight excluding hydrogens is 517 g/mol. The largest absolute Gasteiger partial charge is 0.363 e. The smallest absolute Gasteiger partial charge is 0.191 e. The van der Waals surface area contributed by atoms with Crippen LogP contribution in [-0.2, 0) is 13.1 Å². The Morgan fingerprint density at radius 2 is 1.71 bits per heavy atom. The molecule has 170 valence electrons. The maximum absolute atomic E-state index is 4.44. The van der Waals surface area contributed by atoms with Crippen molar-refractivity contribution in [1.82, 2.24) is 15.5 Å².